The van der Waals surface area contributed by atoms with Gasteiger partial charge < -0.3 is 9.47 Å². The minimum Gasteiger partial charge on any atom is -0.497 e. The van der Waals surface area contributed by atoms with E-state index in [2.05, 4.69) is 4.98 Å². The van der Waals surface area contributed by atoms with Gasteiger partial charge in [0.25, 0.3) is 0 Å². The fraction of sp³-hybridized carbons (Fsp3) is 0.100. The molecule has 0 amide bonds. The Labute approximate surface area is 163 Å². The highest BCUT2D eigenvalue weighted by molar-refractivity contribution is 6.30. The monoisotopic (exact) mass is 404 g/mol. The molecule has 8 heteroatoms. The number of alkyl halides is 3. The van der Waals surface area contributed by atoms with E-state index in [0.717, 1.165) is 6.07 Å². The van der Waals surface area contributed by atoms with Crippen molar-refractivity contribution in [3.8, 4) is 34.7 Å². The summed E-state index contributed by atoms with van der Waals surface area (Å²) in [7, 11) is 1.48. The van der Waals surface area contributed by atoms with E-state index < -0.39 is 23.2 Å². The van der Waals surface area contributed by atoms with Gasteiger partial charge in [-0.1, -0.05) is 23.7 Å². The lowest BCUT2D eigenvalue weighted by Crippen LogP contribution is -2.10. The zero-order valence-electron chi connectivity index (χ0n) is 14.4. The molecular formula is C20H12ClF3N2O2. The summed E-state index contributed by atoms with van der Waals surface area (Å²) in [6.45, 7) is 0. The number of rotatable bonds is 4. The molecule has 0 N–H and O–H groups in total. The van der Waals surface area contributed by atoms with Gasteiger partial charge >= 0.3 is 6.18 Å². The standard InChI is InChI=1S/C20H12ClF3N2O2/c1-27-14-6-8-15(9-7-14)28-19-16(11-25)17(20(22,23)24)10-18(26-19)12-2-4-13(21)5-3-12/h2-10H,1H3. The van der Waals surface area contributed by atoms with Crippen LogP contribution in [0.25, 0.3) is 11.3 Å². The molecule has 0 saturated heterocycles. The highest BCUT2D eigenvalue weighted by Gasteiger charge is 2.36. The lowest BCUT2D eigenvalue weighted by Gasteiger charge is -2.15. The summed E-state index contributed by atoms with van der Waals surface area (Å²) < 4.78 is 51.2. The molecule has 0 spiro atoms. The van der Waals surface area contributed by atoms with Crippen LogP contribution >= 0.6 is 11.6 Å². The third-order valence-electron chi connectivity index (χ3n) is 3.82. The third-order valence-corrected chi connectivity index (χ3v) is 4.07. The Bertz CT molecular complexity index is 1030. The minimum absolute atomic E-state index is 0.00602. The van der Waals surface area contributed by atoms with E-state index in [-0.39, 0.29) is 11.4 Å². The van der Waals surface area contributed by atoms with Crippen molar-refractivity contribution < 1.29 is 22.6 Å². The first-order valence-electron chi connectivity index (χ1n) is 7.92. The van der Waals surface area contributed by atoms with Crippen LogP contribution in [-0.4, -0.2) is 12.1 Å². The van der Waals surface area contributed by atoms with Crippen LogP contribution in [0, 0.1) is 11.3 Å². The number of hydrogen-bond acceptors (Lipinski definition) is 4. The molecule has 2 aromatic carbocycles. The number of pyridine rings is 1. The molecule has 3 rings (SSSR count). The van der Waals surface area contributed by atoms with Crippen molar-refractivity contribution >= 4 is 11.6 Å². The number of nitrogens with zero attached hydrogens (tertiary/aromatic N) is 2. The molecule has 0 aliphatic rings. The molecule has 0 atom stereocenters. The minimum atomic E-state index is -4.76. The fourth-order valence-electron chi connectivity index (χ4n) is 2.45. The van der Waals surface area contributed by atoms with Crippen LogP contribution in [0.4, 0.5) is 13.2 Å². The summed E-state index contributed by atoms with van der Waals surface area (Å²) in [5.74, 6) is 0.324. The normalized spacial score (nSPS) is 11.0. The van der Waals surface area contributed by atoms with E-state index in [9.17, 15) is 18.4 Å². The predicted octanol–water partition coefficient (Wildman–Crippen LogP) is 6.09. The Kier molecular flexibility index (Phi) is 5.43. The van der Waals surface area contributed by atoms with Crippen molar-refractivity contribution in [2.45, 2.75) is 6.18 Å². The van der Waals surface area contributed by atoms with Crippen molar-refractivity contribution in [3.05, 3.63) is 70.7 Å². The highest BCUT2D eigenvalue weighted by Crippen LogP contribution is 2.39. The second-order valence-corrected chi connectivity index (χ2v) is 6.07. The van der Waals surface area contributed by atoms with Crippen LogP contribution in [-0.2, 0) is 6.18 Å². The van der Waals surface area contributed by atoms with Gasteiger partial charge in [0.05, 0.1) is 18.4 Å². The Morgan fingerprint density at radius 1 is 1.00 bits per heavy atom. The first-order chi connectivity index (χ1) is 13.3. The molecule has 1 aromatic heterocycles. The van der Waals surface area contributed by atoms with Gasteiger partial charge in [0.15, 0.2) is 0 Å². The van der Waals surface area contributed by atoms with Crippen molar-refractivity contribution in [2.24, 2.45) is 0 Å². The van der Waals surface area contributed by atoms with E-state index >= 15 is 0 Å². The lowest BCUT2D eigenvalue weighted by atomic mass is 10.0. The second kappa shape index (κ2) is 7.79. The molecule has 1 heterocycles. The molecular weight excluding hydrogens is 393 g/mol. The first kappa shape index (κ1) is 19.5. The summed E-state index contributed by atoms with van der Waals surface area (Å²) in [6, 6.07) is 14.7. The summed E-state index contributed by atoms with van der Waals surface area (Å²) in [6.07, 6.45) is -4.76. The summed E-state index contributed by atoms with van der Waals surface area (Å²) in [5.41, 5.74) is -1.41. The molecule has 0 aliphatic carbocycles. The lowest BCUT2D eigenvalue weighted by molar-refractivity contribution is -0.137. The van der Waals surface area contributed by atoms with Crippen molar-refractivity contribution in [2.75, 3.05) is 7.11 Å². The Balaban J connectivity index is 2.14. The van der Waals surface area contributed by atoms with Gasteiger partial charge in [0, 0.05) is 10.6 Å². The number of hydrogen-bond donors (Lipinski definition) is 0. The Hall–Kier alpha value is -3.24. The van der Waals surface area contributed by atoms with Gasteiger partial charge in [-0.15, -0.1) is 0 Å². The smallest absolute Gasteiger partial charge is 0.417 e. The van der Waals surface area contributed by atoms with Crippen molar-refractivity contribution in [1.82, 2.24) is 4.98 Å². The van der Waals surface area contributed by atoms with Gasteiger partial charge in [0.2, 0.25) is 5.88 Å². The number of methoxy groups -OCH3 is 1. The average Bonchev–Trinajstić information content (AvgIpc) is 2.68. The molecule has 0 fully saturated rings. The number of aromatic nitrogens is 1. The van der Waals surface area contributed by atoms with Crippen LogP contribution < -0.4 is 9.47 Å². The van der Waals surface area contributed by atoms with E-state index in [4.69, 9.17) is 21.1 Å². The molecule has 0 aliphatic heterocycles. The molecule has 0 radical (unpaired) electrons. The van der Waals surface area contributed by atoms with Gasteiger partial charge in [-0.05, 0) is 42.5 Å². The number of benzene rings is 2. The van der Waals surface area contributed by atoms with E-state index in [0.29, 0.717) is 16.3 Å². The highest BCUT2D eigenvalue weighted by atomic mass is 35.5. The summed E-state index contributed by atoms with van der Waals surface area (Å²) >= 11 is 5.84. The van der Waals surface area contributed by atoms with Crippen LogP contribution in [0.15, 0.2) is 54.6 Å². The van der Waals surface area contributed by atoms with Crippen LogP contribution in [0.1, 0.15) is 11.1 Å². The van der Waals surface area contributed by atoms with Gasteiger partial charge in [-0.2, -0.15) is 18.4 Å². The topological polar surface area (TPSA) is 55.1 Å². The van der Waals surface area contributed by atoms with Gasteiger partial charge in [-0.3, -0.25) is 0 Å². The molecule has 0 bridgehead atoms. The van der Waals surface area contributed by atoms with Crippen LogP contribution in [0.3, 0.4) is 0 Å². The molecule has 3 aromatic rings. The zero-order chi connectivity index (χ0) is 20.3. The maximum Gasteiger partial charge on any atom is 0.417 e. The maximum absolute atomic E-state index is 13.5. The van der Waals surface area contributed by atoms with Gasteiger partial charge in [-0.25, -0.2) is 4.98 Å². The van der Waals surface area contributed by atoms with E-state index in [1.165, 1.54) is 43.5 Å². The maximum atomic E-state index is 13.5. The molecule has 28 heavy (non-hydrogen) atoms. The van der Waals surface area contributed by atoms with Crippen LogP contribution in [0.2, 0.25) is 5.02 Å². The van der Waals surface area contributed by atoms with E-state index in [1.807, 2.05) is 0 Å². The van der Waals surface area contributed by atoms with Crippen molar-refractivity contribution in [1.29, 1.82) is 5.26 Å². The number of ether oxygens (including phenoxy) is 2. The molecule has 0 saturated carbocycles. The summed E-state index contributed by atoms with van der Waals surface area (Å²) in [4.78, 5) is 4.14. The SMILES string of the molecule is COc1ccc(Oc2nc(-c3ccc(Cl)cc3)cc(C(F)(F)F)c2C#N)cc1. The molecule has 0 unspecified atom stereocenters. The van der Waals surface area contributed by atoms with Crippen molar-refractivity contribution in [3.63, 3.8) is 0 Å². The number of halogens is 4. The van der Waals surface area contributed by atoms with Gasteiger partial charge in [0.1, 0.15) is 23.1 Å². The summed E-state index contributed by atoms with van der Waals surface area (Å²) in [5, 5.41) is 9.75. The Morgan fingerprint density at radius 2 is 1.61 bits per heavy atom. The Morgan fingerprint density at radius 3 is 2.14 bits per heavy atom. The first-order valence-corrected chi connectivity index (χ1v) is 8.30. The van der Waals surface area contributed by atoms with E-state index in [1.54, 1.807) is 18.2 Å². The zero-order valence-corrected chi connectivity index (χ0v) is 15.2. The largest absolute Gasteiger partial charge is 0.497 e. The quantitative estimate of drug-likeness (QED) is 0.527. The average molecular weight is 405 g/mol. The molecule has 4 nitrogen and oxygen atoms in total. The third kappa shape index (κ3) is 4.18. The van der Waals surface area contributed by atoms with Crippen LogP contribution in [0.5, 0.6) is 17.4 Å². The number of nitriles is 1. The second-order valence-electron chi connectivity index (χ2n) is 5.63. The fourth-order valence-corrected chi connectivity index (χ4v) is 2.58. The predicted molar refractivity (Wildman–Crippen MR) is 97.5 cm³/mol. The molecule has 142 valence electrons.